The van der Waals surface area contributed by atoms with Crippen LogP contribution in [0, 0.1) is 5.21 Å². The summed E-state index contributed by atoms with van der Waals surface area (Å²) in [7, 11) is 0. The minimum atomic E-state index is -1.59. The summed E-state index contributed by atoms with van der Waals surface area (Å²) in [6, 6.07) is 0. The molecule has 0 aromatic rings. The Kier molecular flexibility index (Phi) is 5.68. The van der Waals surface area contributed by atoms with Gasteiger partial charge >= 0.3 is 0 Å². The molecule has 0 bridgehead atoms. The summed E-state index contributed by atoms with van der Waals surface area (Å²) in [5.41, 5.74) is 1.96. The first-order chi connectivity index (χ1) is 6.51. The van der Waals surface area contributed by atoms with Gasteiger partial charge in [-0.05, 0) is 12.7 Å². The minimum absolute atomic E-state index is 0.663. The molecule has 0 aromatic heterocycles. The van der Waals surface area contributed by atoms with Gasteiger partial charge in [0.15, 0.2) is 12.5 Å². The highest BCUT2D eigenvalue weighted by atomic mass is 16.5. The number of quaternary nitrogens is 1. The quantitative estimate of drug-likeness (QED) is 0.179. The summed E-state index contributed by atoms with van der Waals surface area (Å²) >= 11 is 0. The van der Waals surface area contributed by atoms with Crippen molar-refractivity contribution in [2.24, 2.45) is 0 Å². The maximum absolute atomic E-state index is 10.6. The molecule has 0 saturated carbocycles. The van der Waals surface area contributed by atoms with Crippen molar-refractivity contribution in [3.05, 3.63) is 30.6 Å². The van der Waals surface area contributed by atoms with Crippen LogP contribution in [-0.4, -0.2) is 28.6 Å². The fourth-order valence-electron chi connectivity index (χ4n) is 0.567. The Morgan fingerprint density at radius 2 is 2.00 bits per heavy atom. The summed E-state index contributed by atoms with van der Waals surface area (Å²) in [6.45, 7) is 6.28. The zero-order valence-electron chi connectivity index (χ0n) is 7.43. The molecule has 0 fully saturated rings. The standard InChI is InChI=1S/C7H13N3O4/c1-3-5(11)8-6(12)7(13)9-10(14)4-2/h3-4,6-7,9-10,12-13H,1-2H2,(H,8,11). The summed E-state index contributed by atoms with van der Waals surface area (Å²) in [6.07, 6.45) is -1.34. The van der Waals surface area contributed by atoms with Crippen molar-refractivity contribution >= 4 is 5.91 Å². The molecular weight excluding hydrogens is 190 g/mol. The van der Waals surface area contributed by atoms with Gasteiger partial charge in [-0.25, -0.2) is 0 Å². The van der Waals surface area contributed by atoms with E-state index in [1.54, 1.807) is 0 Å². The van der Waals surface area contributed by atoms with Crippen LogP contribution in [0.3, 0.4) is 0 Å². The monoisotopic (exact) mass is 203 g/mol. The lowest BCUT2D eigenvalue weighted by atomic mass is 10.4. The zero-order chi connectivity index (χ0) is 11.1. The number of carbonyl (C=O) groups is 1. The molecule has 7 heteroatoms. The van der Waals surface area contributed by atoms with Crippen LogP contribution in [-0.2, 0) is 4.79 Å². The van der Waals surface area contributed by atoms with E-state index in [-0.39, 0.29) is 0 Å². The second-order valence-corrected chi connectivity index (χ2v) is 2.32. The molecule has 14 heavy (non-hydrogen) atoms. The lowest BCUT2D eigenvalue weighted by Crippen LogP contribution is -3.11. The number of amides is 1. The van der Waals surface area contributed by atoms with Crippen molar-refractivity contribution < 1.29 is 20.2 Å². The van der Waals surface area contributed by atoms with Gasteiger partial charge in [0.05, 0.1) is 0 Å². The number of nitrogens with one attached hydrogen (secondary N) is 3. The van der Waals surface area contributed by atoms with Gasteiger partial charge in [0.1, 0.15) is 6.20 Å². The van der Waals surface area contributed by atoms with E-state index < -0.39 is 23.5 Å². The molecule has 0 rings (SSSR count). The molecule has 1 amide bonds. The predicted octanol–water partition coefficient (Wildman–Crippen LogP) is -3.04. The number of hydroxylamine groups is 1. The summed E-state index contributed by atoms with van der Waals surface area (Å²) in [4.78, 5) is 10.6. The zero-order valence-corrected chi connectivity index (χ0v) is 7.43. The highest BCUT2D eigenvalue weighted by Crippen LogP contribution is 1.82. The van der Waals surface area contributed by atoms with Gasteiger partial charge in [-0.15, -0.1) is 5.43 Å². The van der Waals surface area contributed by atoms with Gasteiger partial charge in [-0.1, -0.05) is 6.58 Å². The number of hydrogen-bond donors (Lipinski definition) is 5. The topological polar surface area (TPSA) is 109 Å². The first kappa shape index (κ1) is 12.8. The van der Waals surface area contributed by atoms with Crippen molar-refractivity contribution in [2.75, 3.05) is 0 Å². The first-order valence-corrected chi connectivity index (χ1v) is 3.73. The van der Waals surface area contributed by atoms with E-state index in [0.717, 1.165) is 12.3 Å². The Hall–Kier alpha value is -1.25. The molecule has 0 saturated heterocycles. The van der Waals surface area contributed by atoms with Crippen molar-refractivity contribution in [2.45, 2.75) is 12.5 Å². The Morgan fingerprint density at radius 3 is 2.43 bits per heavy atom. The molecule has 0 aliphatic carbocycles. The number of rotatable bonds is 6. The van der Waals surface area contributed by atoms with Crippen LogP contribution in [0.15, 0.2) is 25.4 Å². The molecule has 0 spiro atoms. The van der Waals surface area contributed by atoms with Crippen molar-refractivity contribution in [3.63, 3.8) is 0 Å². The Balaban J connectivity index is 3.98. The molecule has 0 aliphatic rings. The predicted molar refractivity (Wildman–Crippen MR) is 48.0 cm³/mol. The Labute approximate surface area is 80.9 Å². The van der Waals surface area contributed by atoms with E-state index >= 15 is 0 Å². The Morgan fingerprint density at radius 1 is 1.43 bits per heavy atom. The van der Waals surface area contributed by atoms with Gasteiger partial charge in [0, 0.05) is 0 Å². The minimum Gasteiger partial charge on any atom is -0.608 e. The van der Waals surface area contributed by atoms with Crippen molar-refractivity contribution in [1.29, 1.82) is 0 Å². The molecule has 3 unspecified atom stereocenters. The average molecular weight is 203 g/mol. The third-order valence-corrected chi connectivity index (χ3v) is 1.25. The normalized spacial score (nSPS) is 16.5. The summed E-state index contributed by atoms with van der Waals surface area (Å²) in [5.74, 6) is -0.663. The van der Waals surface area contributed by atoms with Gasteiger partial charge < -0.3 is 20.7 Å². The molecule has 80 valence electrons. The van der Waals surface area contributed by atoms with E-state index in [0.29, 0.717) is 0 Å². The molecule has 0 heterocycles. The highest BCUT2D eigenvalue weighted by Gasteiger charge is 2.18. The number of hydrogen-bond acceptors (Lipinski definition) is 5. The third-order valence-electron chi connectivity index (χ3n) is 1.25. The van der Waals surface area contributed by atoms with E-state index in [1.165, 1.54) is 0 Å². The van der Waals surface area contributed by atoms with Crippen molar-refractivity contribution in [3.8, 4) is 0 Å². The van der Waals surface area contributed by atoms with E-state index in [9.17, 15) is 10.0 Å². The van der Waals surface area contributed by atoms with Crippen LogP contribution >= 0.6 is 0 Å². The lowest BCUT2D eigenvalue weighted by molar-refractivity contribution is -0.851. The van der Waals surface area contributed by atoms with Gasteiger partial charge in [-0.2, -0.15) is 0 Å². The van der Waals surface area contributed by atoms with Gasteiger partial charge in [0.2, 0.25) is 5.91 Å². The third kappa shape index (κ3) is 4.70. The molecule has 3 atom stereocenters. The van der Waals surface area contributed by atoms with E-state index in [2.05, 4.69) is 13.2 Å². The van der Waals surface area contributed by atoms with Crippen molar-refractivity contribution in [1.82, 2.24) is 10.7 Å². The number of aliphatic hydroxyl groups is 2. The molecular formula is C7H13N3O4. The number of aliphatic hydroxyl groups excluding tert-OH is 2. The van der Waals surface area contributed by atoms with Crippen LogP contribution in [0.1, 0.15) is 0 Å². The van der Waals surface area contributed by atoms with Crippen LogP contribution in [0.25, 0.3) is 0 Å². The molecule has 0 radical (unpaired) electrons. The number of carbonyl (C=O) groups excluding carboxylic acids is 1. The van der Waals surface area contributed by atoms with Gasteiger partial charge in [0.25, 0.3) is 0 Å². The SMILES string of the molecule is C=CC(=O)NC(O)C(O)N[NH+]([O-])C=C. The lowest BCUT2D eigenvalue weighted by Gasteiger charge is -2.24. The smallest absolute Gasteiger partial charge is 0.245 e. The molecule has 0 aromatic carbocycles. The van der Waals surface area contributed by atoms with Crippen LogP contribution < -0.4 is 15.9 Å². The van der Waals surface area contributed by atoms with Crippen LogP contribution in [0.5, 0.6) is 0 Å². The average Bonchev–Trinajstić information content (AvgIpc) is 2.17. The fraction of sp³-hybridized carbons (Fsp3) is 0.286. The maximum atomic E-state index is 10.6. The van der Waals surface area contributed by atoms with Gasteiger partial charge in [-0.3, -0.25) is 9.97 Å². The second kappa shape index (κ2) is 6.24. The summed E-state index contributed by atoms with van der Waals surface area (Å²) < 4.78 is 0. The molecule has 0 aliphatic heterocycles. The largest absolute Gasteiger partial charge is 0.608 e. The first-order valence-electron chi connectivity index (χ1n) is 3.73. The second-order valence-electron chi connectivity index (χ2n) is 2.32. The molecule has 7 nitrogen and oxygen atoms in total. The van der Waals surface area contributed by atoms with Crippen LogP contribution in [0.4, 0.5) is 0 Å². The fourth-order valence-corrected chi connectivity index (χ4v) is 0.567. The van der Waals surface area contributed by atoms with E-state index in [4.69, 9.17) is 10.2 Å². The maximum Gasteiger partial charge on any atom is 0.245 e. The van der Waals surface area contributed by atoms with Crippen LogP contribution in [0.2, 0.25) is 0 Å². The highest BCUT2D eigenvalue weighted by molar-refractivity contribution is 5.86. The molecule has 5 N–H and O–H groups in total. The Bertz CT molecular complexity index is 221. The van der Waals surface area contributed by atoms with E-state index in [1.807, 2.05) is 10.7 Å². The summed E-state index contributed by atoms with van der Waals surface area (Å²) in [5, 5.41) is 30.1.